The van der Waals surface area contributed by atoms with Gasteiger partial charge in [-0.3, -0.25) is 0 Å². The summed E-state index contributed by atoms with van der Waals surface area (Å²) >= 11 is 0. The topological polar surface area (TPSA) is 56.9 Å². The number of nitrogens with zero attached hydrogens (tertiary/aromatic N) is 4. The summed E-state index contributed by atoms with van der Waals surface area (Å²) in [5, 5.41) is 7.18. The first-order valence-corrected chi connectivity index (χ1v) is 8.20. The number of aliphatic imine (C=N–C) groups is 1. The molecule has 3 rings (SSSR count). The fraction of sp³-hybridized carbons (Fsp3) is 0.412. The van der Waals surface area contributed by atoms with Gasteiger partial charge in [0.25, 0.3) is 0 Å². The minimum atomic E-state index is -0.169. The molecule has 0 amide bonds. The summed E-state index contributed by atoms with van der Waals surface area (Å²) in [6.45, 7) is 6.42. The van der Waals surface area contributed by atoms with Gasteiger partial charge in [0.05, 0.1) is 12.2 Å². The summed E-state index contributed by atoms with van der Waals surface area (Å²) in [6, 6.07) is 8.73. The minimum Gasteiger partial charge on any atom is -0.366 e. The Kier molecular flexibility index (Phi) is 7.48. The van der Waals surface area contributed by atoms with Crippen molar-refractivity contribution in [3.05, 3.63) is 48.1 Å². The molecule has 6 nitrogen and oxygen atoms in total. The molecule has 1 aliphatic heterocycles. The van der Waals surface area contributed by atoms with E-state index >= 15 is 0 Å². The summed E-state index contributed by atoms with van der Waals surface area (Å²) in [5.41, 5.74) is 1.47. The van der Waals surface area contributed by atoms with E-state index in [1.807, 2.05) is 25.1 Å². The van der Waals surface area contributed by atoms with Gasteiger partial charge in [0.1, 0.15) is 17.8 Å². The van der Waals surface area contributed by atoms with Crippen LogP contribution in [0.25, 0.3) is 0 Å². The van der Waals surface area contributed by atoms with E-state index in [1.165, 1.54) is 6.07 Å². The molecular formula is C17H23FIN5O. The first-order chi connectivity index (χ1) is 11.8. The first-order valence-electron chi connectivity index (χ1n) is 8.20. The Labute approximate surface area is 164 Å². The van der Waals surface area contributed by atoms with Crippen LogP contribution in [0, 0.1) is 5.82 Å². The molecule has 0 saturated carbocycles. The number of halogens is 2. The number of piperazine rings is 1. The lowest BCUT2D eigenvalue weighted by Crippen LogP contribution is -2.52. The molecule has 0 aliphatic carbocycles. The van der Waals surface area contributed by atoms with Crippen molar-refractivity contribution < 1.29 is 8.91 Å². The predicted octanol–water partition coefficient (Wildman–Crippen LogP) is 2.72. The van der Waals surface area contributed by atoms with Crippen LogP contribution in [0.2, 0.25) is 0 Å². The van der Waals surface area contributed by atoms with E-state index in [-0.39, 0.29) is 29.8 Å². The Morgan fingerprint density at radius 3 is 2.64 bits per heavy atom. The maximum Gasteiger partial charge on any atom is 0.194 e. The van der Waals surface area contributed by atoms with Crippen molar-refractivity contribution in [2.45, 2.75) is 13.5 Å². The van der Waals surface area contributed by atoms with Crippen LogP contribution in [-0.4, -0.2) is 48.7 Å². The second-order valence-electron chi connectivity index (χ2n) is 5.59. The van der Waals surface area contributed by atoms with Crippen molar-refractivity contribution >= 4 is 35.6 Å². The highest BCUT2D eigenvalue weighted by Gasteiger charge is 2.21. The number of para-hydroxylation sites is 1. The van der Waals surface area contributed by atoms with E-state index in [2.05, 4.69) is 25.3 Å². The molecule has 1 aliphatic rings. The third kappa shape index (κ3) is 5.07. The van der Waals surface area contributed by atoms with Crippen molar-refractivity contribution in [2.24, 2.45) is 4.99 Å². The quantitative estimate of drug-likeness (QED) is 0.433. The Balaban J connectivity index is 0.00000225. The van der Waals surface area contributed by atoms with E-state index < -0.39 is 0 Å². The van der Waals surface area contributed by atoms with Crippen LogP contribution in [0.5, 0.6) is 0 Å². The lowest BCUT2D eigenvalue weighted by molar-refractivity contribution is 0.370. The van der Waals surface area contributed by atoms with Crippen LogP contribution < -0.4 is 10.2 Å². The Morgan fingerprint density at radius 2 is 2.00 bits per heavy atom. The molecule has 0 atom stereocenters. The van der Waals surface area contributed by atoms with Gasteiger partial charge < -0.3 is 19.6 Å². The SMILES string of the molecule is CCNC(=NCc1ccon1)N1CCN(c2ccccc2F)CC1.I. The fourth-order valence-electron chi connectivity index (χ4n) is 2.77. The summed E-state index contributed by atoms with van der Waals surface area (Å²) in [5.74, 6) is 0.686. The minimum absolute atomic E-state index is 0. The van der Waals surface area contributed by atoms with Gasteiger partial charge in [-0.1, -0.05) is 17.3 Å². The number of anilines is 1. The molecular weight excluding hydrogens is 436 g/mol. The normalized spacial score (nSPS) is 15.0. The van der Waals surface area contributed by atoms with E-state index in [9.17, 15) is 4.39 Å². The van der Waals surface area contributed by atoms with Crippen LogP contribution in [0.15, 0.2) is 46.1 Å². The number of hydrogen-bond acceptors (Lipinski definition) is 4. The van der Waals surface area contributed by atoms with Gasteiger partial charge >= 0.3 is 0 Å². The zero-order valence-electron chi connectivity index (χ0n) is 14.2. The Hall–Kier alpha value is -1.84. The molecule has 0 bridgehead atoms. The predicted molar refractivity (Wildman–Crippen MR) is 107 cm³/mol. The molecule has 0 spiro atoms. The van der Waals surface area contributed by atoms with Crippen LogP contribution in [0.4, 0.5) is 10.1 Å². The molecule has 2 heterocycles. The lowest BCUT2D eigenvalue weighted by atomic mass is 10.2. The molecule has 25 heavy (non-hydrogen) atoms. The van der Waals surface area contributed by atoms with Crippen molar-refractivity contribution in [1.29, 1.82) is 0 Å². The summed E-state index contributed by atoms with van der Waals surface area (Å²) in [7, 11) is 0. The molecule has 1 aromatic carbocycles. The highest BCUT2D eigenvalue weighted by atomic mass is 127. The number of aromatic nitrogens is 1. The zero-order valence-corrected chi connectivity index (χ0v) is 16.5. The molecule has 0 unspecified atom stereocenters. The van der Waals surface area contributed by atoms with E-state index in [4.69, 9.17) is 4.52 Å². The maximum absolute atomic E-state index is 13.9. The average Bonchev–Trinajstić information content (AvgIpc) is 3.13. The fourth-order valence-corrected chi connectivity index (χ4v) is 2.77. The maximum atomic E-state index is 13.9. The Morgan fingerprint density at radius 1 is 1.24 bits per heavy atom. The number of nitrogens with one attached hydrogen (secondary N) is 1. The molecule has 136 valence electrons. The smallest absolute Gasteiger partial charge is 0.194 e. The third-order valence-corrected chi connectivity index (χ3v) is 3.99. The molecule has 1 saturated heterocycles. The van der Waals surface area contributed by atoms with E-state index in [0.29, 0.717) is 12.2 Å². The highest BCUT2D eigenvalue weighted by molar-refractivity contribution is 14.0. The molecule has 0 radical (unpaired) electrons. The van der Waals surface area contributed by atoms with E-state index in [0.717, 1.165) is 44.4 Å². The molecule has 2 aromatic rings. The van der Waals surface area contributed by atoms with Gasteiger partial charge in [-0.05, 0) is 19.1 Å². The van der Waals surface area contributed by atoms with Gasteiger partial charge in [0.15, 0.2) is 5.96 Å². The number of hydrogen-bond donors (Lipinski definition) is 1. The number of benzene rings is 1. The highest BCUT2D eigenvalue weighted by Crippen LogP contribution is 2.20. The molecule has 1 fully saturated rings. The van der Waals surface area contributed by atoms with Gasteiger partial charge in [0.2, 0.25) is 0 Å². The second-order valence-corrected chi connectivity index (χ2v) is 5.59. The summed E-state index contributed by atoms with van der Waals surface area (Å²) in [6.07, 6.45) is 1.55. The van der Waals surface area contributed by atoms with Gasteiger partial charge in [-0.25, -0.2) is 9.38 Å². The average molecular weight is 459 g/mol. The zero-order chi connectivity index (χ0) is 16.8. The van der Waals surface area contributed by atoms with Gasteiger partial charge in [0, 0.05) is 38.8 Å². The summed E-state index contributed by atoms with van der Waals surface area (Å²) in [4.78, 5) is 8.88. The molecule has 1 aromatic heterocycles. The second kappa shape index (κ2) is 9.59. The monoisotopic (exact) mass is 459 g/mol. The largest absolute Gasteiger partial charge is 0.366 e. The third-order valence-electron chi connectivity index (χ3n) is 3.99. The lowest BCUT2D eigenvalue weighted by Gasteiger charge is -2.37. The van der Waals surface area contributed by atoms with Crippen molar-refractivity contribution in [3.63, 3.8) is 0 Å². The summed E-state index contributed by atoms with van der Waals surface area (Å²) < 4.78 is 18.8. The molecule has 1 N–H and O–H groups in total. The Bertz CT molecular complexity index is 671. The van der Waals surface area contributed by atoms with Crippen molar-refractivity contribution in [1.82, 2.24) is 15.4 Å². The van der Waals surface area contributed by atoms with Gasteiger partial charge in [-0.2, -0.15) is 0 Å². The van der Waals surface area contributed by atoms with Crippen molar-refractivity contribution in [2.75, 3.05) is 37.6 Å². The van der Waals surface area contributed by atoms with Crippen LogP contribution in [0.3, 0.4) is 0 Å². The molecule has 8 heteroatoms. The first kappa shape index (κ1) is 19.5. The number of rotatable bonds is 4. The van der Waals surface area contributed by atoms with Crippen LogP contribution >= 0.6 is 24.0 Å². The standard InChI is InChI=1S/C17H22FN5O.HI/c1-2-19-17(20-13-14-7-12-24-21-14)23-10-8-22(9-11-23)16-6-4-3-5-15(16)18;/h3-7,12H,2,8-11,13H2,1H3,(H,19,20);1H. The van der Waals surface area contributed by atoms with Gasteiger partial charge in [-0.15, -0.1) is 24.0 Å². The van der Waals surface area contributed by atoms with E-state index in [1.54, 1.807) is 12.3 Å². The van der Waals surface area contributed by atoms with Crippen LogP contribution in [-0.2, 0) is 6.54 Å². The van der Waals surface area contributed by atoms with Crippen molar-refractivity contribution in [3.8, 4) is 0 Å². The van der Waals surface area contributed by atoms with Crippen LogP contribution in [0.1, 0.15) is 12.6 Å². The number of guanidine groups is 1.